The van der Waals surface area contributed by atoms with Gasteiger partial charge in [0.05, 0.1) is 17.9 Å². The standard InChI is InChI=1S/C12H16N4O2/c1-16-7-13-11-8(3-2-4-9(11)16)12(17)14-10-5-6-18-15-10/h7-8H,2-6H2,1H3,(H,14,15,17). The molecule has 0 fully saturated rings. The highest BCUT2D eigenvalue weighted by atomic mass is 16.6. The Kier molecular flexibility index (Phi) is 2.77. The van der Waals surface area contributed by atoms with Gasteiger partial charge in [0.2, 0.25) is 5.91 Å². The van der Waals surface area contributed by atoms with Crippen molar-refractivity contribution in [1.82, 2.24) is 14.9 Å². The van der Waals surface area contributed by atoms with Gasteiger partial charge in [-0.2, -0.15) is 0 Å². The average molecular weight is 248 g/mol. The molecule has 1 amide bonds. The number of amidine groups is 1. The maximum absolute atomic E-state index is 12.2. The summed E-state index contributed by atoms with van der Waals surface area (Å²) in [7, 11) is 1.97. The topological polar surface area (TPSA) is 68.5 Å². The van der Waals surface area contributed by atoms with Gasteiger partial charge < -0.3 is 14.7 Å². The normalized spacial score (nSPS) is 22.1. The Morgan fingerprint density at radius 3 is 3.22 bits per heavy atom. The van der Waals surface area contributed by atoms with E-state index < -0.39 is 0 Å². The summed E-state index contributed by atoms with van der Waals surface area (Å²) in [4.78, 5) is 21.5. The molecule has 1 unspecified atom stereocenters. The molecule has 1 N–H and O–H groups in total. The van der Waals surface area contributed by atoms with Crippen LogP contribution >= 0.6 is 0 Å². The van der Waals surface area contributed by atoms with Gasteiger partial charge in [0, 0.05) is 19.2 Å². The molecule has 0 saturated carbocycles. The van der Waals surface area contributed by atoms with Crippen molar-refractivity contribution < 1.29 is 9.63 Å². The Morgan fingerprint density at radius 1 is 1.56 bits per heavy atom. The zero-order valence-corrected chi connectivity index (χ0v) is 10.3. The third kappa shape index (κ3) is 1.87. The maximum Gasteiger partial charge on any atom is 0.234 e. The lowest BCUT2D eigenvalue weighted by Crippen LogP contribution is -2.35. The summed E-state index contributed by atoms with van der Waals surface area (Å²) >= 11 is 0. The Hall–Kier alpha value is -1.85. The van der Waals surface area contributed by atoms with E-state index in [0.717, 1.165) is 25.0 Å². The summed E-state index contributed by atoms with van der Waals surface area (Å²) in [5.41, 5.74) is 2.09. The van der Waals surface area contributed by atoms with Gasteiger partial charge >= 0.3 is 0 Å². The van der Waals surface area contributed by atoms with Crippen LogP contribution in [0.5, 0.6) is 0 Å². The Bertz CT molecular complexity index is 506. The van der Waals surface area contributed by atoms with E-state index in [4.69, 9.17) is 4.84 Å². The van der Waals surface area contributed by atoms with Crippen LogP contribution in [0.25, 0.3) is 0 Å². The molecular formula is C12H16N4O2. The molecular weight excluding hydrogens is 232 g/mol. The Labute approximate surface area is 105 Å². The van der Waals surface area contributed by atoms with Gasteiger partial charge in [-0.1, -0.05) is 5.16 Å². The highest BCUT2D eigenvalue weighted by Crippen LogP contribution is 2.30. The van der Waals surface area contributed by atoms with Gasteiger partial charge in [0.25, 0.3) is 0 Å². The first-order valence-corrected chi connectivity index (χ1v) is 6.25. The molecule has 2 heterocycles. The number of aryl methyl sites for hydroxylation is 1. The first-order valence-electron chi connectivity index (χ1n) is 6.25. The smallest absolute Gasteiger partial charge is 0.234 e. The van der Waals surface area contributed by atoms with Gasteiger partial charge in [0.15, 0.2) is 5.84 Å². The van der Waals surface area contributed by atoms with Gasteiger partial charge in [0.1, 0.15) is 6.61 Å². The molecule has 18 heavy (non-hydrogen) atoms. The summed E-state index contributed by atoms with van der Waals surface area (Å²) in [5.74, 6) is 0.459. The SMILES string of the molecule is Cn1cnc2c1CCCC2C(=O)NC1=NOCC1. The summed E-state index contributed by atoms with van der Waals surface area (Å²) in [6.07, 6.45) is 5.33. The molecule has 1 aromatic rings. The second kappa shape index (κ2) is 4.44. The lowest BCUT2D eigenvalue weighted by atomic mass is 9.89. The van der Waals surface area contributed by atoms with Crippen molar-refractivity contribution in [3.63, 3.8) is 0 Å². The van der Waals surface area contributed by atoms with Crippen molar-refractivity contribution in [2.24, 2.45) is 12.2 Å². The van der Waals surface area contributed by atoms with E-state index in [1.807, 2.05) is 11.6 Å². The fourth-order valence-corrected chi connectivity index (χ4v) is 2.56. The van der Waals surface area contributed by atoms with Gasteiger partial charge in [-0.15, -0.1) is 0 Å². The molecule has 0 bridgehead atoms. The van der Waals surface area contributed by atoms with E-state index in [9.17, 15) is 4.79 Å². The van der Waals surface area contributed by atoms with Crippen LogP contribution in [0.2, 0.25) is 0 Å². The van der Waals surface area contributed by atoms with Crippen LogP contribution in [0.3, 0.4) is 0 Å². The number of imidazole rings is 1. The molecule has 1 aliphatic carbocycles. The molecule has 6 nitrogen and oxygen atoms in total. The first kappa shape index (κ1) is 11.3. The number of rotatable bonds is 1. The van der Waals surface area contributed by atoms with E-state index in [0.29, 0.717) is 18.9 Å². The fourth-order valence-electron chi connectivity index (χ4n) is 2.56. The zero-order valence-electron chi connectivity index (χ0n) is 10.3. The number of aromatic nitrogens is 2. The van der Waals surface area contributed by atoms with Crippen molar-refractivity contribution in [2.75, 3.05) is 6.61 Å². The molecule has 2 aliphatic rings. The number of oxime groups is 1. The molecule has 1 aromatic heterocycles. The lowest BCUT2D eigenvalue weighted by molar-refractivity contribution is -0.121. The molecule has 0 spiro atoms. The predicted molar refractivity (Wildman–Crippen MR) is 65.0 cm³/mol. The van der Waals surface area contributed by atoms with Gasteiger partial charge in [-0.05, 0) is 19.3 Å². The summed E-state index contributed by atoms with van der Waals surface area (Å²) in [6.45, 7) is 0.551. The molecule has 96 valence electrons. The maximum atomic E-state index is 12.2. The second-order valence-electron chi connectivity index (χ2n) is 4.74. The van der Waals surface area contributed by atoms with E-state index in [-0.39, 0.29) is 11.8 Å². The van der Waals surface area contributed by atoms with Crippen molar-refractivity contribution in [3.8, 4) is 0 Å². The molecule has 1 aliphatic heterocycles. The highest BCUT2D eigenvalue weighted by Gasteiger charge is 2.30. The number of hydrogen-bond acceptors (Lipinski definition) is 4. The molecule has 3 rings (SSSR count). The van der Waals surface area contributed by atoms with E-state index >= 15 is 0 Å². The number of carbonyl (C=O) groups excluding carboxylic acids is 1. The van der Waals surface area contributed by atoms with Crippen molar-refractivity contribution in [2.45, 2.75) is 31.6 Å². The molecule has 1 atom stereocenters. The van der Waals surface area contributed by atoms with Crippen LogP contribution in [-0.4, -0.2) is 27.9 Å². The minimum absolute atomic E-state index is 0.0149. The second-order valence-corrected chi connectivity index (χ2v) is 4.74. The molecule has 0 aromatic carbocycles. The largest absolute Gasteiger partial charge is 0.394 e. The predicted octanol–water partition coefficient (Wildman–Crippen LogP) is 0.690. The number of fused-ring (bicyclic) bond motifs is 1. The molecule has 6 heteroatoms. The minimum atomic E-state index is -0.154. The molecule has 0 saturated heterocycles. The minimum Gasteiger partial charge on any atom is -0.394 e. The number of hydrogen-bond donors (Lipinski definition) is 1. The number of nitrogens with one attached hydrogen (secondary N) is 1. The average Bonchev–Trinajstić information content (AvgIpc) is 3.00. The third-order valence-corrected chi connectivity index (χ3v) is 3.52. The van der Waals surface area contributed by atoms with Crippen LogP contribution < -0.4 is 5.32 Å². The third-order valence-electron chi connectivity index (χ3n) is 3.52. The van der Waals surface area contributed by atoms with Crippen LogP contribution in [0.1, 0.15) is 36.6 Å². The van der Waals surface area contributed by atoms with Crippen molar-refractivity contribution in [3.05, 3.63) is 17.7 Å². The fraction of sp³-hybridized carbons (Fsp3) is 0.583. The lowest BCUT2D eigenvalue weighted by Gasteiger charge is -2.21. The summed E-state index contributed by atoms with van der Waals surface area (Å²) in [6, 6.07) is 0. The number of nitrogens with zero attached hydrogens (tertiary/aromatic N) is 3. The highest BCUT2D eigenvalue weighted by molar-refractivity contribution is 6.01. The number of carbonyl (C=O) groups is 1. The quantitative estimate of drug-likeness (QED) is 0.795. The van der Waals surface area contributed by atoms with E-state index in [1.165, 1.54) is 5.69 Å². The molecule has 0 radical (unpaired) electrons. The van der Waals surface area contributed by atoms with Gasteiger partial charge in [-0.25, -0.2) is 4.98 Å². The zero-order chi connectivity index (χ0) is 12.5. The van der Waals surface area contributed by atoms with E-state index in [2.05, 4.69) is 15.5 Å². The van der Waals surface area contributed by atoms with Crippen LogP contribution in [0.4, 0.5) is 0 Å². The van der Waals surface area contributed by atoms with Crippen molar-refractivity contribution >= 4 is 11.7 Å². The van der Waals surface area contributed by atoms with E-state index in [1.54, 1.807) is 6.33 Å². The monoisotopic (exact) mass is 248 g/mol. The van der Waals surface area contributed by atoms with Crippen LogP contribution in [-0.2, 0) is 23.1 Å². The Balaban J connectivity index is 1.78. The Morgan fingerprint density at radius 2 is 2.44 bits per heavy atom. The summed E-state index contributed by atoms with van der Waals surface area (Å²) < 4.78 is 2.00. The first-order chi connectivity index (χ1) is 8.75. The summed E-state index contributed by atoms with van der Waals surface area (Å²) in [5, 5.41) is 6.63. The number of amides is 1. The van der Waals surface area contributed by atoms with Gasteiger partial charge in [-0.3, -0.25) is 4.79 Å². The van der Waals surface area contributed by atoms with Crippen molar-refractivity contribution in [1.29, 1.82) is 0 Å². The van der Waals surface area contributed by atoms with Crippen LogP contribution in [0.15, 0.2) is 11.5 Å². The van der Waals surface area contributed by atoms with Crippen LogP contribution in [0, 0.1) is 0 Å².